The van der Waals surface area contributed by atoms with Crippen molar-refractivity contribution < 1.29 is 22.4 Å². The van der Waals surface area contributed by atoms with Crippen LogP contribution in [0.15, 0.2) is 112 Å². The number of sulfonamides is 1. The number of hydrogen-bond acceptors (Lipinski definition) is 4. The zero-order valence-corrected chi connectivity index (χ0v) is 27.9. The van der Waals surface area contributed by atoms with Crippen LogP contribution in [-0.2, 0) is 32.6 Å². The Morgan fingerprint density at radius 3 is 2.09 bits per heavy atom. The number of carbonyl (C=O) groups is 2. The van der Waals surface area contributed by atoms with Crippen LogP contribution in [-0.4, -0.2) is 43.8 Å². The molecule has 0 aliphatic heterocycles. The minimum atomic E-state index is -4.26. The molecular weight excluding hydrogens is 657 g/mol. The molecule has 0 heterocycles. The van der Waals surface area contributed by atoms with Crippen molar-refractivity contribution in [2.24, 2.45) is 0 Å². The summed E-state index contributed by atoms with van der Waals surface area (Å²) in [6.07, 6.45) is 0.907. The van der Waals surface area contributed by atoms with Crippen molar-refractivity contribution in [3.05, 3.63) is 130 Å². The molecule has 0 saturated heterocycles. The molecule has 0 bridgehead atoms. The van der Waals surface area contributed by atoms with Crippen LogP contribution in [0.5, 0.6) is 0 Å². The predicted octanol–water partition coefficient (Wildman–Crippen LogP) is 6.65. The molecule has 2 atom stereocenters. The third-order valence-electron chi connectivity index (χ3n) is 7.54. The average molecular weight is 695 g/mol. The van der Waals surface area contributed by atoms with Crippen LogP contribution in [0.3, 0.4) is 0 Å². The Labute approximate surface area is 273 Å². The van der Waals surface area contributed by atoms with E-state index in [0.29, 0.717) is 6.42 Å². The van der Waals surface area contributed by atoms with Crippen molar-refractivity contribution in [3.63, 3.8) is 0 Å². The number of amides is 2. The number of anilines is 1. The number of nitrogens with zero attached hydrogens (tertiary/aromatic N) is 2. The number of carbonyl (C=O) groups excluding carboxylic acids is 2. The number of benzene rings is 4. The molecule has 10 heteroatoms. The molecule has 45 heavy (non-hydrogen) atoms. The summed E-state index contributed by atoms with van der Waals surface area (Å²) in [7, 11) is -4.26. The van der Waals surface area contributed by atoms with Crippen LogP contribution in [0.4, 0.5) is 10.1 Å². The van der Waals surface area contributed by atoms with Gasteiger partial charge in [0.05, 0.1) is 10.6 Å². The molecule has 0 aliphatic carbocycles. The van der Waals surface area contributed by atoms with Crippen molar-refractivity contribution in [2.75, 3.05) is 10.8 Å². The third-order valence-corrected chi connectivity index (χ3v) is 9.86. The van der Waals surface area contributed by atoms with E-state index >= 15 is 0 Å². The highest BCUT2D eigenvalue weighted by Gasteiger charge is 2.35. The molecule has 0 aliphatic rings. The lowest BCUT2D eigenvalue weighted by molar-refractivity contribution is -0.140. The Balaban J connectivity index is 1.80. The van der Waals surface area contributed by atoms with Crippen molar-refractivity contribution >= 4 is 43.5 Å². The lowest BCUT2D eigenvalue weighted by atomic mass is 10.0. The Morgan fingerprint density at radius 1 is 0.867 bits per heavy atom. The van der Waals surface area contributed by atoms with Gasteiger partial charge < -0.3 is 10.2 Å². The fourth-order valence-electron chi connectivity index (χ4n) is 4.76. The van der Waals surface area contributed by atoms with E-state index in [4.69, 9.17) is 0 Å². The maximum absolute atomic E-state index is 14.4. The van der Waals surface area contributed by atoms with Crippen LogP contribution in [0.2, 0.25) is 0 Å². The first-order chi connectivity index (χ1) is 21.5. The first-order valence-corrected chi connectivity index (χ1v) is 16.9. The molecule has 2 amide bonds. The van der Waals surface area contributed by atoms with Gasteiger partial charge >= 0.3 is 0 Å². The average Bonchev–Trinajstić information content (AvgIpc) is 3.03. The molecule has 7 nitrogen and oxygen atoms in total. The summed E-state index contributed by atoms with van der Waals surface area (Å²) in [4.78, 5) is 29.7. The SMILES string of the molecule is CCC(C)NC(=O)C(Cc1ccccc1)N(Cc1ccc(Br)cc1)C(=O)CN(c1ccc(F)cc1)S(=O)(=O)c1ccc(C)cc1. The molecule has 0 saturated carbocycles. The second-order valence-electron chi connectivity index (χ2n) is 11.0. The molecule has 4 rings (SSSR count). The van der Waals surface area contributed by atoms with Crippen LogP contribution in [0, 0.1) is 12.7 Å². The van der Waals surface area contributed by atoms with E-state index in [1.807, 2.05) is 75.4 Å². The Bertz CT molecular complexity index is 1680. The second kappa shape index (κ2) is 15.3. The first-order valence-electron chi connectivity index (χ1n) is 14.7. The summed E-state index contributed by atoms with van der Waals surface area (Å²) in [5.74, 6) is -1.47. The van der Waals surface area contributed by atoms with Crippen molar-refractivity contribution in [2.45, 2.75) is 57.1 Å². The molecule has 0 aromatic heterocycles. The van der Waals surface area contributed by atoms with Gasteiger partial charge in [-0.05, 0) is 79.9 Å². The topological polar surface area (TPSA) is 86.8 Å². The maximum atomic E-state index is 14.4. The number of rotatable bonds is 13. The summed E-state index contributed by atoms with van der Waals surface area (Å²) in [6.45, 7) is 5.13. The molecule has 4 aromatic carbocycles. The van der Waals surface area contributed by atoms with Gasteiger partial charge in [-0.1, -0.05) is 83.0 Å². The number of nitrogens with one attached hydrogen (secondary N) is 1. The van der Waals surface area contributed by atoms with Crippen molar-refractivity contribution in [1.29, 1.82) is 0 Å². The van der Waals surface area contributed by atoms with E-state index in [1.54, 1.807) is 12.1 Å². The number of aryl methyl sites for hydroxylation is 1. The number of halogens is 2. The maximum Gasteiger partial charge on any atom is 0.264 e. The van der Waals surface area contributed by atoms with Crippen LogP contribution < -0.4 is 9.62 Å². The third kappa shape index (κ3) is 9.02. The number of hydrogen-bond donors (Lipinski definition) is 1. The van der Waals surface area contributed by atoms with Crippen LogP contribution in [0.25, 0.3) is 0 Å². The van der Waals surface area contributed by atoms with E-state index in [0.717, 1.165) is 37.6 Å². The van der Waals surface area contributed by atoms with Gasteiger partial charge in [0.15, 0.2) is 0 Å². The first kappa shape index (κ1) is 33.9. The Hall–Kier alpha value is -4.02. The Morgan fingerprint density at radius 2 is 1.49 bits per heavy atom. The van der Waals surface area contributed by atoms with Gasteiger partial charge in [0.25, 0.3) is 10.0 Å². The van der Waals surface area contributed by atoms with E-state index in [1.165, 1.54) is 29.2 Å². The van der Waals surface area contributed by atoms with Crippen LogP contribution in [0.1, 0.15) is 37.0 Å². The largest absolute Gasteiger partial charge is 0.352 e. The minimum Gasteiger partial charge on any atom is -0.352 e. The van der Waals surface area contributed by atoms with E-state index < -0.39 is 34.3 Å². The molecule has 0 radical (unpaired) electrons. The molecule has 236 valence electrons. The zero-order chi connectivity index (χ0) is 32.6. The second-order valence-corrected chi connectivity index (χ2v) is 13.8. The molecule has 0 fully saturated rings. The quantitative estimate of drug-likeness (QED) is 0.170. The van der Waals surface area contributed by atoms with E-state index in [9.17, 15) is 22.4 Å². The summed E-state index contributed by atoms with van der Waals surface area (Å²) in [5, 5.41) is 3.02. The highest BCUT2D eigenvalue weighted by atomic mass is 79.9. The molecule has 1 N–H and O–H groups in total. The molecule has 2 unspecified atom stereocenters. The van der Waals surface area contributed by atoms with Crippen molar-refractivity contribution in [3.8, 4) is 0 Å². The van der Waals surface area contributed by atoms with Crippen LogP contribution >= 0.6 is 15.9 Å². The van der Waals surface area contributed by atoms with E-state index in [2.05, 4.69) is 21.2 Å². The van der Waals surface area contributed by atoms with Crippen molar-refractivity contribution in [1.82, 2.24) is 10.2 Å². The fraction of sp³-hybridized carbons (Fsp3) is 0.257. The minimum absolute atomic E-state index is 0.0139. The molecule has 0 spiro atoms. The smallest absolute Gasteiger partial charge is 0.264 e. The zero-order valence-electron chi connectivity index (χ0n) is 25.5. The van der Waals surface area contributed by atoms with Gasteiger partial charge in [-0.3, -0.25) is 13.9 Å². The summed E-state index contributed by atoms with van der Waals surface area (Å²) in [6, 6.07) is 26.9. The van der Waals surface area contributed by atoms with Gasteiger partial charge in [0, 0.05) is 23.5 Å². The summed E-state index contributed by atoms with van der Waals surface area (Å²) in [5.41, 5.74) is 2.60. The van der Waals surface area contributed by atoms with Gasteiger partial charge in [-0.2, -0.15) is 0 Å². The predicted molar refractivity (Wildman–Crippen MR) is 179 cm³/mol. The monoisotopic (exact) mass is 693 g/mol. The highest BCUT2D eigenvalue weighted by Crippen LogP contribution is 2.26. The molecule has 4 aromatic rings. The standard InChI is InChI=1S/C35H37BrFN3O4S/c1-4-26(3)38-35(42)33(22-27-8-6-5-7-9-27)39(23-28-12-14-29(36)15-13-28)34(41)24-40(31-18-16-30(37)17-19-31)45(43,44)32-20-10-25(2)11-21-32/h5-21,26,33H,4,22-24H2,1-3H3,(H,38,42). The highest BCUT2D eigenvalue weighted by molar-refractivity contribution is 9.10. The normalized spacial score (nSPS) is 12.6. The Kier molecular flexibility index (Phi) is 11.5. The van der Waals surface area contributed by atoms with Gasteiger partial charge in [0.1, 0.15) is 18.4 Å². The van der Waals surface area contributed by atoms with Gasteiger partial charge in [-0.25, -0.2) is 12.8 Å². The summed E-state index contributed by atoms with van der Waals surface area (Å²) >= 11 is 3.44. The lowest BCUT2D eigenvalue weighted by Gasteiger charge is -2.34. The lowest BCUT2D eigenvalue weighted by Crippen LogP contribution is -2.54. The molecular formula is C35H37BrFN3O4S. The van der Waals surface area contributed by atoms with E-state index in [-0.39, 0.29) is 35.5 Å². The summed E-state index contributed by atoms with van der Waals surface area (Å²) < 4.78 is 43.8. The van der Waals surface area contributed by atoms with Gasteiger partial charge in [0.2, 0.25) is 11.8 Å². The van der Waals surface area contributed by atoms with Gasteiger partial charge in [-0.15, -0.1) is 0 Å². The fourth-order valence-corrected chi connectivity index (χ4v) is 6.43.